The first-order valence-corrected chi connectivity index (χ1v) is 11.4. The summed E-state index contributed by atoms with van der Waals surface area (Å²) < 4.78 is 0. The van der Waals surface area contributed by atoms with Crippen LogP contribution in [0.4, 0.5) is 5.69 Å². The van der Waals surface area contributed by atoms with E-state index in [2.05, 4.69) is 22.4 Å². The highest BCUT2D eigenvalue weighted by Crippen LogP contribution is 2.34. The van der Waals surface area contributed by atoms with E-state index in [-0.39, 0.29) is 17.9 Å². The molecule has 0 radical (unpaired) electrons. The number of thioether (sulfide) groups is 1. The lowest BCUT2D eigenvalue weighted by Crippen LogP contribution is -2.35. The first-order valence-electron chi connectivity index (χ1n) is 10.4. The average Bonchev–Trinajstić information content (AvgIpc) is 2.80. The van der Waals surface area contributed by atoms with Crippen molar-refractivity contribution in [3.8, 4) is 0 Å². The molecule has 4 rings (SSSR count). The molecule has 2 amide bonds. The van der Waals surface area contributed by atoms with E-state index in [1.807, 2.05) is 61.5 Å². The van der Waals surface area contributed by atoms with E-state index in [9.17, 15) is 9.59 Å². The van der Waals surface area contributed by atoms with Crippen molar-refractivity contribution in [2.75, 3.05) is 10.7 Å². The fourth-order valence-corrected chi connectivity index (χ4v) is 4.44. The molecule has 6 heteroatoms. The molecule has 0 bridgehead atoms. The SMILES string of the molecule is C[C@H](CCc1ccccc1)NC(=O)c1ccc(CN2C(=O)CSc3ncccc32)cc1. The van der Waals surface area contributed by atoms with Crippen molar-refractivity contribution < 1.29 is 9.59 Å². The zero-order valence-corrected chi connectivity index (χ0v) is 18.3. The van der Waals surface area contributed by atoms with Gasteiger partial charge >= 0.3 is 0 Å². The summed E-state index contributed by atoms with van der Waals surface area (Å²) in [6, 6.07) is 21.6. The van der Waals surface area contributed by atoms with Crippen LogP contribution in [0.1, 0.15) is 34.8 Å². The number of nitrogens with one attached hydrogen (secondary N) is 1. The number of carbonyl (C=O) groups is 2. The zero-order valence-electron chi connectivity index (χ0n) is 17.5. The first kappa shape index (κ1) is 21.1. The summed E-state index contributed by atoms with van der Waals surface area (Å²) in [4.78, 5) is 31.2. The molecule has 0 fully saturated rings. The third-order valence-electron chi connectivity index (χ3n) is 5.32. The zero-order chi connectivity index (χ0) is 21.6. The number of pyridine rings is 1. The number of hydrogen-bond donors (Lipinski definition) is 1. The van der Waals surface area contributed by atoms with E-state index < -0.39 is 0 Å². The lowest BCUT2D eigenvalue weighted by Gasteiger charge is -2.28. The Bertz CT molecular complexity index is 1050. The van der Waals surface area contributed by atoms with Crippen LogP contribution in [0.2, 0.25) is 0 Å². The van der Waals surface area contributed by atoms with Gasteiger partial charge in [0.05, 0.1) is 18.0 Å². The molecule has 0 saturated heterocycles. The summed E-state index contributed by atoms with van der Waals surface area (Å²) in [5.74, 6) is 0.387. The van der Waals surface area contributed by atoms with Gasteiger partial charge in [0.1, 0.15) is 5.03 Å². The molecule has 5 nitrogen and oxygen atoms in total. The number of carbonyl (C=O) groups excluding carboxylic acids is 2. The van der Waals surface area contributed by atoms with Crippen LogP contribution in [0.15, 0.2) is 78.0 Å². The van der Waals surface area contributed by atoms with E-state index in [4.69, 9.17) is 0 Å². The minimum atomic E-state index is -0.0768. The summed E-state index contributed by atoms with van der Waals surface area (Å²) in [5.41, 5.74) is 3.72. The second-order valence-electron chi connectivity index (χ2n) is 7.69. The van der Waals surface area contributed by atoms with Crippen LogP contribution < -0.4 is 10.2 Å². The molecule has 1 atom stereocenters. The summed E-state index contributed by atoms with van der Waals surface area (Å²) >= 11 is 1.47. The molecular weight excluding hydrogens is 406 g/mol. The number of aryl methyl sites for hydroxylation is 1. The highest BCUT2D eigenvalue weighted by Gasteiger charge is 2.25. The second-order valence-corrected chi connectivity index (χ2v) is 8.66. The summed E-state index contributed by atoms with van der Waals surface area (Å²) in [7, 11) is 0. The van der Waals surface area contributed by atoms with Crippen LogP contribution in [0.25, 0.3) is 0 Å². The Morgan fingerprint density at radius 3 is 2.61 bits per heavy atom. The summed E-state index contributed by atoms with van der Waals surface area (Å²) in [6.07, 6.45) is 3.56. The lowest BCUT2D eigenvalue weighted by molar-refractivity contribution is -0.116. The predicted molar refractivity (Wildman–Crippen MR) is 124 cm³/mol. The quantitative estimate of drug-likeness (QED) is 0.600. The van der Waals surface area contributed by atoms with Crippen LogP contribution in [-0.2, 0) is 17.8 Å². The molecule has 2 heterocycles. The Morgan fingerprint density at radius 2 is 1.84 bits per heavy atom. The molecule has 31 heavy (non-hydrogen) atoms. The van der Waals surface area contributed by atoms with E-state index in [0.717, 1.165) is 29.1 Å². The Labute approximate surface area is 186 Å². The van der Waals surface area contributed by atoms with Crippen LogP contribution >= 0.6 is 11.8 Å². The summed E-state index contributed by atoms with van der Waals surface area (Å²) in [6.45, 7) is 2.49. The molecule has 0 unspecified atom stereocenters. The predicted octanol–water partition coefficient (Wildman–Crippen LogP) is 4.47. The van der Waals surface area contributed by atoms with Gasteiger partial charge in [0, 0.05) is 17.8 Å². The molecule has 3 aromatic rings. The van der Waals surface area contributed by atoms with Crippen molar-refractivity contribution in [1.82, 2.24) is 10.3 Å². The van der Waals surface area contributed by atoms with E-state index in [1.165, 1.54) is 17.3 Å². The Hall–Kier alpha value is -3.12. The average molecular weight is 432 g/mol. The molecule has 0 aliphatic carbocycles. The van der Waals surface area contributed by atoms with Gasteiger partial charge in [0.2, 0.25) is 5.91 Å². The molecule has 1 aliphatic heterocycles. The van der Waals surface area contributed by atoms with Gasteiger partial charge in [-0.25, -0.2) is 4.98 Å². The Morgan fingerprint density at radius 1 is 1.06 bits per heavy atom. The minimum absolute atomic E-state index is 0.0690. The fourth-order valence-electron chi connectivity index (χ4n) is 3.57. The second kappa shape index (κ2) is 9.79. The lowest BCUT2D eigenvalue weighted by atomic mass is 10.1. The van der Waals surface area contributed by atoms with E-state index in [1.54, 1.807) is 11.1 Å². The number of fused-ring (bicyclic) bond motifs is 1. The Balaban J connectivity index is 1.35. The van der Waals surface area contributed by atoms with Gasteiger partial charge < -0.3 is 10.2 Å². The van der Waals surface area contributed by atoms with Gasteiger partial charge in [-0.2, -0.15) is 0 Å². The molecule has 2 aromatic carbocycles. The fraction of sp³-hybridized carbons (Fsp3) is 0.240. The van der Waals surface area contributed by atoms with Crippen LogP contribution in [0.5, 0.6) is 0 Å². The van der Waals surface area contributed by atoms with Crippen LogP contribution in [0, 0.1) is 0 Å². The van der Waals surface area contributed by atoms with Crippen molar-refractivity contribution in [2.45, 2.75) is 37.4 Å². The van der Waals surface area contributed by atoms with Crippen molar-refractivity contribution in [3.05, 3.63) is 89.6 Å². The molecule has 158 valence electrons. The van der Waals surface area contributed by atoms with Gasteiger partial charge in [0.15, 0.2) is 0 Å². The van der Waals surface area contributed by atoms with E-state index in [0.29, 0.717) is 17.9 Å². The van der Waals surface area contributed by atoms with Crippen molar-refractivity contribution in [3.63, 3.8) is 0 Å². The number of benzene rings is 2. The molecule has 1 aromatic heterocycles. The monoisotopic (exact) mass is 431 g/mol. The van der Waals surface area contributed by atoms with Gasteiger partial charge in [0.25, 0.3) is 5.91 Å². The molecular formula is C25H25N3O2S. The van der Waals surface area contributed by atoms with Crippen molar-refractivity contribution in [1.29, 1.82) is 0 Å². The van der Waals surface area contributed by atoms with Gasteiger partial charge in [-0.1, -0.05) is 54.2 Å². The highest BCUT2D eigenvalue weighted by molar-refractivity contribution is 8.00. The molecule has 0 saturated carbocycles. The number of aromatic nitrogens is 1. The van der Waals surface area contributed by atoms with E-state index >= 15 is 0 Å². The third-order valence-corrected chi connectivity index (χ3v) is 6.30. The standard InChI is InChI=1S/C25H25N3O2S/c1-18(9-10-19-6-3-2-4-7-19)27-24(30)21-13-11-20(12-14-21)16-28-22-8-5-15-26-25(22)31-17-23(28)29/h2-8,11-15,18H,9-10,16-17H2,1H3,(H,27,30)/t18-/m1/s1. The maximum absolute atomic E-state index is 12.6. The minimum Gasteiger partial charge on any atom is -0.350 e. The van der Waals surface area contributed by atoms with Crippen molar-refractivity contribution in [2.24, 2.45) is 0 Å². The third kappa shape index (κ3) is 5.33. The van der Waals surface area contributed by atoms with Gasteiger partial charge in [-0.15, -0.1) is 0 Å². The van der Waals surface area contributed by atoms with Gasteiger partial charge in [-0.3, -0.25) is 9.59 Å². The largest absolute Gasteiger partial charge is 0.350 e. The normalized spacial score (nSPS) is 14.1. The van der Waals surface area contributed by atoms with Crippen LogP contribution in [-0.4, -0.2) is 28.6 Å². The number of hydrogen-bond acceptors (Lipinski definition) is 4. The van der Waals surface area contributed by atoms with Gasteiger partial charge in [-0.05, 0) is 55.2 Å². The van der Waals surface area contributed by atoms with Crippen molar-refractivity contribution >= 4 is 29.3 Å². The maximum atomic E-state index is 12.6. The topological polar surface area (TPSA) is 62.3 Å². The molecule has 1 aliphatic rings. The highest BCUT2D eigenvalue weighted by atomic mass is 32.2. The first-order chi connectivity index (χ1) is 15.1. The molecule has 1 N–H and O–H groups in total. The van der Waals surface area contributed by atoms with Crippen LogP contribution in [0.3, 0.4) is 0 Å². The number of anilines is 1. The maximum Gasteiger partial charge on any atom is 0.251 e. The molecule has 0 spiro atoms. The Kier molecular flexibility index (Phi) is 6.67. The smallest absolute Gasteiger partial charge is 0.251 e. The number of rotatable bonds is 7. The number of nitrogens with zero attached hydrogens (tertiary/aromatic N) is 2. The number of amides is 2. The summed E-state index contributed by atoms with van der Waals surface area (Å²) in [5, 5.41) is 3.95.